The van der Waals surface area contributed by atoms with Crippen molar-refractivity contribution < 1.29 is 47.5 Å². The topological polar surface area (TPSA) is 140 Å². The third kappa shape index (κ3) is 13.2. The van der Waals surface area contributed by atoms with Crippen LogP contribution in [0.5, 0.6) is 5.75 Å². The second-order valence-corrected chi connectivity index (χ2v) is 14.5. The fraction of sp³-hybridized carbons (Fsp3) is 0.386. The zero-order chi connectivity index (χ0) is 39.9. The summed E-state index contributed by atoms with van der Waals surface area (Å²) in [5.41, 5.74) is 2.88. The van der Waals surface area contributed by atoms with Crippen LogP contribution in [-0.2, 0) is 64.3 Å². The predicted molar refractivity (Wildman–Crippen MR) is 208 cm³/mol. The van der Waals surface area contributed by atoms with E-state index in [1.807, 2.05) is 91.0 Å². The molecule has 12 heteroatoms. The molecule has 4 aromatic rings. The zero-order valence-corrected chi connectivity index (χ0v) is 32.6. The molecule has 2 amide bonds. The Morgan fingerprint density at radius 2 is 1.25 bits per heavy atom. The van der Waals surface area contributed by atoms with E-state index in [1.54, 1.807) is 45.0 Å². The standard InChI is InChI=1S/C44H52N2O10/c1-30(47)45-38-40(53-28-34-19-13-8-14-20-34)39(52-27-33-17-11-7-12-18-33)37(29-51-26-32-15-9-6-10-16-32)55-42(38)54-35-23-21-31(22-24-35)25-36(41(48)50-5)46-43(49)56-44(2,3)4/h6-24,36-40,42H,25-29H2,1-5H3,(H,45,47)(H,46,49)/t36-,37+,38+,39-,40+,42-/m0/s1. The van der Waals surface area contributed by atoms with E-state index >= 15 is 0 Å². The molecule has 0 aromatic heterocycles. The molecule has 0 saturated carbocycles. The van der Waals surface area contributed by atoms with Gasteiger partial charge in [-0.15, -0.1) is 0 Å². The van der Waals surface area contributed by atoms with Crippen molar-refractivity contribution in [3.8, 4) is 5.75 Å². The number of carbonyl (C=O) groups is 3. The Bertz CT molecular complexity index is 1800. The van der Waals surface area contributed by atoms with E-state index in [9.17, 15) is 14.4 Å². The van der Waals surface area contributed by atoms with Crippen molar-refractivity contribution in [3.63, 3.8) is 0 Å². The molecule has 1 fully saturated rings. The summed E-state index contributed by atoms with van der Waals surface area (Å²) in [7, 11) is 1.26. The fourth-order valence-electron chi connectivity index (χ4n) is 6.19. The number of rotatable bonds is 17. The molecule has 0 spiro atoms. The smallest absolute Gasteiger partial charge is 0.408 e. The van der Waals surface area contributed by atoms with Crippen molar-refractivity contribution in [2.24, 2.45) is 0 Å². The highest BCUT2D eigenvalue weighted by atomic mass is 16.7. The lowest BCUT2D eigenvalue weighted by Gasteiger charge is -2.46. The lowest BCUT2D eigenvalue weighted by Crippen LogP contribution is -2.66. The number of hydrogen-bond donors (Lipinski definition) is 2. The minimum Gasteiger partial charge on any atom is -0.467 e. The molecule has 1 aliphatic rings. The lowest BCUT2D eigenvalue weighted by molar-refractivity contribution is -0.270. The molecule has 12 nitrogen and oxygen atoms in total. The van der Waals surface area contributed by atoms with Crippen LogP contribution in [0.1, 0.15) is 49.9 Å². The van der Waals surface area contributed by atoms with Gasteiger partial charge in [-0.2, -0.15) is 0 Å². The van der Waals surface area contributed by atoms with Crippen LogP contribution in [0.2, 0.25) is 0 Å². The van der Waals surface area contributed by atoms with Crippen LogP contribution in [-0.4, -0.2) is 74.0 Å². The highest BCUT2D eigenvalue weighted by molar-refractivity contribution is 5.81. The van der Waals surface area contributed by atoms with Crippen LogP contribution in [0.3, 0.4) is 0 Å². The minimum absolute atomic E-state index is 0.136. The van der Waals surface area contributed by atoms with Crippen molar-refractivity contribution >= 4 is 18.0 Å². The average molecular weight is 769 g/mol. The van der Waals surface area contributed by atoms with Gasteiger partial charge in [-0.3, -0.25) is 4.79 Å². The third-order valence-electron chi connectivity index (χ3n) is 8.77. The second-order valence-electron chi connectivity index (χ2n) is 14.5. The van der Waals surface area contributed by atoms with Crippen molar-refractivity contribution in [2.75, 3.05) is 13.7 Å². The van der Waals surface area contributed by atoms with Gasteiger partial charge < -0.3 is 43.8 Å². The van der Waals surface area contributed by atoms with E-state index < -0.39 is 54.3 Å². The van der Waals surface area contributed by atoms with E-state index in [1.165, 1.54) is 14.0 Å². The van der Waals surface area contributed by atoms with Gasteiger partial charge in [-0.25, -0.2) is 9.59 Å². The van der Waals surface area contributed by atoms with E-state index in [0.717, 1.165) is 22.3 Å². The number of benzene rings is 4. The first-order valence-electron chi connectivity index (χ1n) is 18.7. The molecule has 0 unspecified atom stereocenters. The SMILES string of the molecule is COC(=O)[C@H](Cc1ccc(O[C@H]2O[C@H](COCc3ccccc3)[C@H](OCc3ccccc3)[C@H](OCc3ccccc3)[C@H]2NC(C)=O)cc1)NC(=O)OC(C)(C)C. The van der Waals surface area contributed by atoms with Gasteiger partial charge in [0.15, 0.2) is 0 Å². The highest BCUT2D eigenvalue weighted by Crippen LogP contribution is 2.31. The summed E-state index contributed by atoms with van der Waals surface area (Å²) in [5.74, 6) is -0.489. The molecule has 1 aliphatic heterocycles. The quantitative estimate of drug-likeness (QED) is 0.118. The Kier molecular flexibility index (Phi) is 15.4. The molecule has 4 aromatic carbocycles. The molecule has 2 N–H and O–H groups in total. The summed E-state index contributed by atoms with van der Waals surface area (Å²) in [5, 5.41) is 5.62. The Balaban J connectivity index is 1.40. The number of nitrogens with one attached hydrogen (secondary N) is 2. The van der Waals surface area contributed by atoms with Crippen LogP contribution in [0, 0.1) is 0 Å². The predicted octanol–water partition coefficient (Wildman–Crippen LogP) is 6.29. The van der Waals surface area contributed by atoms with Gasteiger partial charge in [0.2, 0.25) is 12.2 Å². The molecular formula is C44H52N2O10. The van der Waals surface area contributed by atoms with E-state index in [0.29, 0.717) is 12.4 Å². The summed E-state index contributed by atoms with van der Waals surface area (Å²) < 4.78 is 42.9. The van der Waals surface area contributed by atoms with Gasteiger partial charge in [-0.05, 0) is 55.2 Å². The highest BCUT2D eigenvalue weighted by Gasteiger charge is 2.49. The molecule has 0 aliphatic carbocycles. The van der Waals surface area contributed by atoms with Crippen molar-refractivity contribution in [2.45, 2.75) is 96.2 Å². The Hall–Kier alpha value is -5.27. The minimum atomic E-state index is -1.02. The van der Waals surface area contributed by atoms with Gasteiger partial charge in [0, 0.05) is 13.3 Å². The Morgan fingerprint density at radius 1 is 0.714 bits per heavy atom. The lowest BCUT2D eigenvalue weighted by atomic mass is 9.95. The first-order chi connectivity index (χ1) is 27.0. The number of ether oxygens (including phenoxy) is 7. The van der Waals surface area contributed by atoms with Gasteiger partial charge in [-0.1, -0.05) is 103 Å². The van der Waals surface area contributed by atoms with Crippen LogP contribution in [0.25, 0.3) is 0 Å². The number of methoxy groups -OCH3 is 1. The van der Waals surface area contributed by atoms with E-state index in [2.05, 4.69) is 10.6 Å². The first kappa shape index (κ1) is 41.9. The number of amides is 2. The van der Waals surface area contributed by atoms with Crippen LogP contribution >= 0.6 is 0 Å². The fourth-order valence-corrected chi connectivity index (χ4v) is 6.19. The molecule has 1 heterocycles. The normalized spacial score (nSPS) is 20.0. The van der Waals surface area contributed by atoms with Crippen molar-refractivity contribution in [3.05, 3.63) is 138 Å². The first-order valence-corrected chi connectivity index (χ1v) is 18.7. The summed E-state index contributed by atoms with van der Waals surface area (Å²) in [6, 6.07) is 34.6. The van der Waals surface area contributed by atoms with Crippen LogP contribution in [0.15, 0.2) is 115 Å². The molecule has 56 heavy (non-hydrogen) atoms. The number of alkyl carbamates (subject to hydrolysis) is 1. The van der Waals surface area contributed by atoms with Gasteiger partial charge in [0.05, 0.1) is 33.5 Å². The summed E-state index contributed by atoms with van der Waals surface area (Å²) in [4.78, 5) is 37.9. The summed E-state index contributed by atoms with van der Waals surface area (Å²) in [6.45, 7) is 7.64. The molecule has 298 valence electrons. The number of esters is 1. The van der Waals surface area contributed by atoms with Gasteiger partial charge in [0.1, 0.15) is 41.7 Å². The summed E-state index contributed by atoms with van der Waals surface area (Å²) in [6.07, 6.45) is -3.70. The van der Waals surface area contributed by atoms with Gasteiger partial charge >= 0.3 is 12.1 Å². The zero-order valence-electron chi connectivity index (χ0n) is 32.6. The third-order valence-corrected chi connectivity index (χ3v) is 8.77. The molecular weight excluding hydrogens is 716 g/mol. The maximum Gasteiger partial charge on any atom is 0.408 e. The second kappa shape index (κ2) is 20.6. The molecule has 6 atom stereocenters. The summed E-state index contributed by atoms with van der Waals surface area (Å²) >= 11 is 0. The van der Waals surface area contributed by atoms with Crippen molar-refractivity contribution in [1.82, 2.24) is 10.6 Å². The maximum absolute atomic E-state index is 12.8. The Morgan fingerprint density at radius 3 is 1.77 bits per heavy atom. The number of carbonyl (C=O) groups excluding carboxylic acids is 3. The van der Waals surface area contributed by atoms with E-state index in [-0.39, 0.29) is 32.1 Å². The maximum atomic E-state index is 12.8. The van der Waals surface area contributed by atoms with Crippen LogP contribution < -0.4 is 15.4 Å². The molecule has 0 radical (unpaired) electrons. The monoisotopic (exact) mass is 768 g/mol. The molecule has 5 rings (SSSR count). The van der Waals surface area contributed by atoms with Gasteiger partial charge in [0.25, 0.3) is 0 Å². The van der Waals surface area contributed by atoms with Crippen LogP contribution in [0.4, 0.5) is 4.79 Å². The largest absolute Gasteiger partial charge is 0.467 e. The molecule has 0 bridgehead atoms. The van der Waals surface area contributed by atoms with E-state index in [4.69, 9.17) is 33.2 Å². The number of hydrogen-bond acceptors (Lipinski definition) is 10. The average Bonchev–Trinajstić information content (AvgIpc) is 3.18. The Labute approximate surface area is 328 Å². The van der Waals surface area contributed by atoms with Crippen molar-refractivity contribution in [1.29, 1.82) is 0 Å². The molecule has 1 saturated heterocycles.